The number of phenolic OH excluding ortho intramolecular Hbond substituents is 4. The van der Waals surface area contributed by atoms with Crippen molar-refractivity contribution in [3.8, 4) is 40.1 Å². The van der Waals surface area contributed by atoms with E-state index in [0.29, 0.717) is 0 Å². The highest BCUT2D eigenvalue weighted by atomic mass is 16.7. The van der Waals surface area contributed by atoms with E-state index in [9.17, 15) is 45.3 Å². The fourth-order valence-corrected chi connectivity index (χ4v) is 3.81. The number of hydrogen-bond acceptors (Lipinski definition) is 13. The molecular formula is C23H22O13. The highest BCUT2D eigenvalue weighted by molar-refractivity contribution is 5.88. The number of aliphatic hydroxyl groups excluding tert-OH is 3. The maximum absolute atomic E-state index is 13.4. The van der Waals surface area contributed by atoms with Crippen LogP contribution in [-0.4, -0.2) is 79.0 Å². The van der Waals surface area contributed by atoms with Crippen molar-refractivity contribution in [2.45, 2.75) is 37.6 Å². The highest BCUT2D eigenvalue weighted by Gasteiger charge is 2.48. The van der Waals surface area contributed by atoms with Crippen molar-refractivity contribution in [1.29, 1.82) is 0 Å². The van der Waals surface area contributed by atoms with Crippen molar-refractivity contribution < 1.29 is 59.2 Å². The van der Waals surface area contributed by atoms with Gasteiger partial charge in [-0.15, -0.1) is 0 Å². The lowest BCUT2D eigenvalue weighted by Crippen LogP contribution is -2.61. The van der Waals surface area contributed by atoms with Crippen molar-refractivity contribution in [2.24, 2.45) is 0 Å². The average Bonchev–Trinajstić information content (AvgIpc) is 2.81. The standard InChI is InChI=1S/C23H22O13/c1-8(25)33-22-19(32)17(30)15(7-24)35-23(22)36-21-18(31)16-13(29)5-10(26)6-14(16)34-20(21)9-2-3-11(27)12(28)4-9/h2-6,15,17,19,22-24,26-30,32H,7H2,1H3/t15-,17-,19+,22-,23+/m1/s1. The van der Waals surface area contributed by atoms with Gasteiger partial charge in [-0.05, 0) is 18.2 Å². The van der Waals surface area contributed by atoms with E-state index < -0.39 is 82.8 Å². The zero-order valence-corrected chi connectivity index (χ0v) is 18.6. The Kier molecular flexibility index (Phi) is 6.65. The Bertz CT molecular complexity index is 1360. The van der Waals surface area contributed by atoms with Crippen molar-refractivity contribution in [3.63, 3.8) is 0 Å². The van der Waals surface area contributed by atoms with Crippen LogP contribution in [0.2, 0.25) is 0 Å². The van der Waals surface area contributed by atoms with Gasteiger partial charge in [0, 0.05) is 24.6 Å². The molecule has 4 rings (SSSR count). The number of fused-ring (bicyclic) bond motifs is 1. The maximum atomic E-state index is 13.4. The molecule has 0 radical (unpaired) electrons. The van der Waals surface area contributed by atoms with Crippen LogP contribution in [0.4, 0.5) is 0 Å². The van der Waals surface area contributed by atoms with E-state index >= 15 is 0 Å². The van der Waals surface area contributed by atoms with Crippen LogP contribution < -0.4 is 10.2 Å². The summed E-state index contributed by atoms with van der Waals surface area (Å²) >= 11 is 0. The van der Waals surface area contributed by atoms with E-state index in [1.807, 2.05) is 0 Å². The molecule has 2 aromatic carbocycles. The summed E-state index contributed by atoms with van der Waals surface area (Å²) < 4.78 is 21.9. The van der Waals surface area contributed by atoms with Gasteiger partial charge in [0.25, 0.3) is 0 Å². The van der Waals surface area contributed by atoms with Gasteiger partial charge in [0.15, 0.2) is 23.4 Å². The fourth-order valence-electron chi connectivity index (χ4n) is 3.81. The number of rotatable bonds is 5. The molecule has 0 unspecified atom stereocenters. The number of aliphatic hydroxyl groups is 3. The molecule has 0 spiro atoms. The third-order valence-electron chi connectivity index (χ3n) is 5.52. The van der Waals surface area contributed by atoms with Crippen LogP contribution in [0.15, 0.2) is 39.5 Å². The molecule has 192 valence electrons. The minimum absolute atomic E-state index is 0.00118. The van der Waals surface area contributed by atoms with Crippen molar-refractivity contribution in [2.75, 3.05) is 6.61 Å². The number of esters is 1. The molecule has 0 amide bonds. The predicted molar refractivity (Wildman–Crippen MR) is 119 cm³/mol. The van der Waals surface area contributed by atoms with Gasteiger partial charge in [0.05, 0.1) is 6.61 Å². The summed E-state index contributed by atoms with van der Waals surface area (Å²) in [5.41, 5.74) is -1.25. The van der Waals surface area contributed by atoms with Crippen LogP contribution in [0, 0.1) is 0 Å². The zero-order chi connectivity index (χ0) is 26.3. The minimum Gasteiger partial charge on any atom is -0.508 e. The number of carbonyl (C=O) groups is 1. The van der Waals surface area contributed by atoms with E-state index in [2.05, 4.69) is 0 Å². The summed E-state index contributed by atoms with van der Waals surface area (Å²) in [5, 5.41) is 69.5. The second-order valence-corrected chi connectivity index (χ2v) is 8.03. The van der Waals surface area contributed by atoms with Crippen molar-refractivity contribution in [3.05, 3.63) is 40.6 Å². The van der Waals surface area contributed by atoms with Gasteiger partial charge >= 0.3 is 5.97 Å². The van der Waals surface area contributed by atoms with Crippen LogP contribution >= 0.6 is 0 Å². The van der Waals surface area contributed by atoms with Gasteiger partial charge in [-0.1, -0.05) is 0 Å². The summed E-state index contributed by atoms with van der Waals surface area (Å²) in [4.78, 5) is 25.1. The van der Waals surface area contributed by atoms with E-state index in [0.717, 1.165) is 31.2 Å². The first-order chi connectivity index (χ1) is 17.0. The van der Waals surface area contributed by atoms with Crippen molar-refractivity contribution in [1.82, 2.24) is 0 Å². The van der Waals surface area contributed by atoms with Gasteiger partial charge < -0.3 is 54.4 Å². The smallest absolute Gasteiger partial charge is 0.303 e. The normalized spacial score (nSPS) is 23.9. The second kappa shape index (κ2) is 9.54. The lowest BCUT2D eigenvalue weighted by molar-refractivity contribution is -0.282. The molecule has 13 nitrogen and oxygen atoms in total. The topological polar surface area (TPSA) is 217 Å². The number of benzene rings is 2. The molecule has 1 aliphatic rings. The Morgan fingerprint density at radius 1 is 1.00 bits per heavy atom. The SMILES string of the molecule is CC(=O)O[C@H]1[C@H](Oc2c(-c3ccc(O)c(O)c3)oc3cc(O)cc(O)c3c2=O)O[C@H](CO)[C@@H](O)[C@@H]1O. The number of aromatic hydroxyl groups is 4. The summed E-state index contributed by atoms with van der Waals surface area (Å²) in [5.74, 6) is -4.03. The van der Waals surface area contributed by atoms with Gasteiger partial charge in [0.1, 0.15) is 40.8 Å². The molecule has 7 N–H and O–H groups in total. The van der Waals surface area contributed by atoms with E-state index in [1.54, 1.807) is 0 Å². The molecule has 0 aliphatic carbocycles. The quantitative estimate of drug-likeness (QED) is 0.180. The lowest BCUT2D eigenvalue weighted by atomic mass is 9.99. The molecular weight excluding hydrogens is 484 g/mol. The van der Waals surface area contributed by atoms with E-state index in [1.165, 1.54) is 6.07 Å². The third-order valence-corrected chi connectivity index (χ3v) is 5.52. The molecule has 13 heteroatoms. The fraction of sp³-hybridized carbons (Fsp3) is 0.304. The summed E-state index contributed by atoms with van der Waals surface area (Å²) in [6, 6.07) is 5.32. The average molecular weight is 506 g/mol. The number of ether oxygens (including phenoxy) is 3. The molecule has 1 saturated heterocycles. The number of phenols is 4. The third kappa shape index (κ3) is 4.47. The molecule has 1 fully saturated rings. The Morgan fingerprint density at radius 3 is 2.36 bits per heavy atom. The van der Waals surface area contributed by atoms with Crippen LogP contribution in [0.3, 0.4) is 0 Å². The molecule has 36 heavy (non-hydrogen) atoms. The highest BCUT2D eigenvalue weighted by Crippen LogP contribution is 2.39. The molecule has 2 heterocycles. The van der Waals surface area contributed by atoms with Gasteiger partial charge in [-0.3, -0.25) is 9.59 Å². The Labute approximate surface area is 201 Å². The lowest BCUT2D eigenvalue weighted by Gasteiger charge is -2.41. The van der Waals surface area contributed by atoms with E-state index in [4.69, 9.17) is 18.6 Å². The van der Waals surface area contributed by atoms with Crippen LogP contribution in [0.1, 0.15) is 6.92 Å². The molecule has 5 atom stereocenters. The largest absolute Gasteiger partial charge is 0.508 e. The minimum atomic E-state index is -1.79. The Morgan fingerprint density at radius 2 is 1.72 bits per heavy atom. The second-order valence-electron chi connectivity index (χ2n) is 8.03. The molecule has 0 bridgehead atoms. The number of carbonyl (C=O) groups excluding carboxylic acids is 1. The zero-order valence-electron chi connectivity index (χ0n) is 18.6. The summed E-state index contributed by atoms with van der Waals surface area (Å²) in [6.07, 6.45) is -8.27. The first-order valence-corrected chi connectivity index (χ1v) is 10.5. The molecule has 1 aliphatic heterocycles. The van der Waals surface area contributed by atoms with Gasteiger partial charge in [0.2, 0.25) is 17.5 Å². The van der Waals surface area contributed by atoms with Gasteiger partial charge in [-0.2, -0.15) is 0 Å². The Hall–Kier alpha value is -4.04. The van der Waals surface area contributed by atoms with Crippen LogP contribution in [-0.2, 0) is 14.3 Å². The summed E-state index contributed by atoms with van der Waals surface area (Å²) in [7, 11) is 0. The molecule has 1 aromatic heterocycles. The predicted octanol–water partition coefficient (Wildman–Crippen LogP) is 0.0319. The maximum Gasteiger partial charge on any atom is 0.303 e. The van der Waals surface area contributed by atoms with Crippen molar-refractivity contribution >= 4 is 16.9 Å². The van der Waals surface area contributed by atoms with E-state index in [-0.39, 0.29) is 16.9 Å². The number of hydrogen-bond donors (Lipinski definition) is 7. The first kappa shape index (κ1) is 25.1. The summed E-state index contributed by atoms with van der Waals surface area (Å²) in [6.45, 7) is 0.254. The Balaban J connectivity index is 1.92. The molecule has 3 aromatic rings. The molecule has 0 saturated carbocycles. The monoisotopic (exact) mass is 506 g/mol. The first-order valence-electron chi connectivity index (χ1n) is 10.5. The van der Waals surface area contributed by atoms with Gasteiger partial charge in [-0.25, -0.2) is 0 Å². The van der Waals surface area contributed by atoms with Crippen LogP contribution in [0.25, 0.3) is 22.3 Å². The van der Waals surface area contributed by atoms with Crippen LogP contribution in [0.5, 0.6) is 28.7 Å².